The first kappa shape index (κ1) is 23.7. The summed E-state index contributed by atoms with van der Waals surface area (Å²) in [5.41, 5.74) is 3.12. The first-order chi connectivity index (χ1) is 16.8. The van der Waals surface area contributed by atoms with E-state index < -0.39 is 6.36 Å². The highest BCUT2D eigenvalue weighted by atomic mass is 32.1. The molecule has 1 aliphatic carbocycles. The Balaban J connectivity index is 1.25. The molecule has 1 aromatic heterocycles. The SMILES string of the molecule is O=C(c1cscn1)N(Cc1cccc(OC(F)(F)F)c1)CC1C2CN(Cc3ccccc3F)CC21. The number of benzene rings is 2. The van der Waals surface area contributed by atoms with Gasteiger partial charge >= 0.3 is 6.36 Å². The lowest BCUT2D eigenvalue weighted by Gasteiger charge is -2.25. The van der Waals surface area contributed by atoms with Gasteiger partial charge in [-0.3, -0.25) is 9.69 Å². The topological polar surface area (TPSA) is 45.7 Å². The van der Waals surface area contributed by atoms with Crippen LogP contribution in [0.5, 0.6) is 5.75 Å². The van der Waals surface area contributed by atoms with E-state index in [9.17, 15) is 22.4 Å². The fourth-order valence-corrected chi connectivity index (χ4v) is 5.55. The standard InChI is InChI=1S/C25H23F4N3O2S/c26-22-7-2-1-5-17(22)10-31-11-19-20(12-31)21(19)13-32(24(33)23-14-35-15-30-23)9-16-4-3-6-18(8-16)34-25(27,28)29/h1-8,14-15,19-21H,9-13H2. The molecule has 1 amide bonds. The van der Waals surface area contributed by atoms with Crippen molar-refractivity contribution in [3.05, 3.63) is 82.1 Å². The minimum Gasteiger partial charge on any atom is -0.406 e. The molecule has 10 heteroatoms. The van der Waals surface area contributed by atoms with Gasteiger partial charge in [-0.15, -0.1) is 24.5 Å². The fourth-order valence-electron chi connectivity index (χ4n) is 5.02. The number of aromatic nitrogens is 1. The zero-order valence-corrected chi connectivity index (χ0v) is 19.4. The molecule has 2 heterocycles. The van der Waals surface area contributed by atoms with Crippen LogP contribution in [-0.4, -0.2) is 46.7 Å². The van der Waals surface area contributed by atoms with Crippen LogP contribution < -0.4 is 4.74 Å². The van der Waals surface area contributed by atoms with Crippen LogP contribution in [0.1, 0.15) is 21.6 Å². The molecule has 2 aromatic carbocycles. The Morgan fingerprint density at radius 1 is 1.14 bits per heavy atom. The number of likely N-dealkylation sites (tertiary alicyclic amines) is 1. The second-order valence-electron chi connectivity index (χ2n) is 9.03. The van der Waals surface area contributed by atoms with Crippen LogP contribution in [0, 0.1) is 23.6 Å². The molecule has 1 saturated carbocycles. The smallest absolute Gasteiger partial charge is 0.406 e. The number of thiazole rings is 1. The molecule has 2 aliphatic rings. The quantitative estimate of drug-likeness (QED) is 0.395. The van der Waals surface area contributed by atoms with Crippen molar-refractivity contribution < 1.29 is 27.1 Å². The number of alkyl halides is 3. The summed E-state index contributed by atoms with van der Waals surface area (Å²) in [6, 6.07) is 12.5. The summed E-state index contributed by atoms with van der Waals surface area (Å²) in [5, 5.41) is 1.67. The first-order valence-electron chi connectivity index (χ1n) is 11.2. The maximum atomic E-state index is 14.0. The number of piperidine rings is 1. The van der Waals surface area contributed by atoms with Crippen molar-refractivity contribution in [1.29, 1.82) is 0 Å². The number of ether oxygens (including phenoxy) is 1. The molecule has 0 bridgehead atoms. The largest absolute Gasteiger partial charge is 0.573 e. The molecular weight excluding hydrogens is 482 g/mol. The third kappa shape index (κ3) is 5.65. The molecule has 5 nitrogen and oxygen atoms in total. The highest BCUT2D eigenvalue weighted by Crippen LogP contribution is 2.52. The summed E-state index contributed by atoms with van der Waals surface area (Å²) in [5.74, 6) is 0.343. The van der Waals surface area contributed by atoms with Crippen molar-refractivity contribution in [1.82, 2.24) is 14.8 Å². The summed E-state index contributed by atoms with van der Waals surface area (Å²) in [6.45, 7) is 2.86. The maximum absolute atomic E-state index is 14.0. The van der Waals surface area contributed by atoms with Crippen LogP contribution in [0.15, 0.2) is 59.4 Å². The number of amides is 1. The fraction of sp³-hybridized carbons (Fsp3) is 0.360. The van der Waals surface area contributed by atoms with Gasteiger partial charge in [-0.25, -0.2) is 9.37 Å². The Morgan fingerprint density at radius 3 is 2.60 bits per heavy atom. The van der Waals surface area contributed by atoms with Gasteiger partial charge in [0.05, 0.1) is 5.51 Å². The Labute approximate surface area is 204 Å². The Kier molecular flexibility index (Phi) is 6.50. The van der Waals surface area contributed by atoms with E-state index in [0.29, 0.717) is 47.7 Å². The van der Waals surface area contributed by atoms with Crippen molar-refractivity contribution in [2.24, 2.45) is 17.8 Å². The van der Waals surface area contributed by atoms with Crippen LogP contribution in [-0.2, 0) is 13.1 Å². The monoisotopic (exact) mass is 505 g/mol. The molecule has 3 aromatic rings. The molecule has 2 fully saturated rings. The van der Waals surface area contributed by atoms with E-state index in [1.165, 1.54) is 35.6 Å². The number of nitrogens with zero attached hydrogens (tertiary/aromatic N) is 3. The molecule has 35 heavy (non-hydrogen) atoms. The minimum absolute atomic E-state index is 0.153. The summed E-state index contributed by atoms with van der Waals surface area (Å²) < 4.78 is 55.9. The van der Waals surface area contributed by atoms with Crippen LogP contribution in [0.2, 0.25) is 0 Å². The zero-order valence-electron chi connectivity index (χ0n) is 18.6. The molecule has 0 spiro atoms. The van der Waals surface area contributed by atoms with Gasteiger partial charge in [0.25, 0.3) is 5.91 Å². The van der Waals surface area contributed by atoms with Gasteiger partial charge < -0.3 is 9.64 Å². The van der Waals surface area contributed by atoms with Crippen LogP contribution in [0.3, 0.4) is 0 Å². The van der Waals surface area contributed by atoms with E-state index >= 15 is 0 Å². The van der Waals surface area contributed by atoms with Gasteiger partial charge in [-0.2, -0.15) is 0 Å². The molecular formula is C25H23F4N3O2S. The molecule has 2 atom stereocenters. The predicted octanol–water partition coefficient (Wildman–Crippen LogP) is 5.20. The molecule has 2 unspecified atom stereocenters. The molecule has 184 valence electrons. The van der Waals surface area contributed by atoms with E-state index in [2.05, 4.69) is 14.6 Å². The van der Waals surface area contributed by atoms with Gasteiger partial charge in [0.15, 0.2) is 0 Å². The predicted molar refractivity (Wildman–Crippen MR) is 122 cm³/mol. The normalized spacial score (nSPS) is 21.5. The number of hydrogen-bond donors (Lipinski definition) is 0. The van der Waals surface area contributed by atoms with Crippen LogP contribution in [0.25, 0.3) is 0 Å². The number of carbonyl (C=O) groups is 1. The molecule has 5 rings (SSSR count). The lowest BCUT2D eigenvalue weighted by Crippen LogP contribution is -2.35. The average molecular weight is 506 g/mol. The number of fused-ring (bicyclic) bond motifs is 1. The lowest BCUT2D eigenvalue weighted by molar-refractivity contribution is -0.274. The average Bonchev–Trinajstić information content (AvgIpc) is 3.20. The summed E-state index contributed by atoms with van der Waals surface area (Å²) >= 11 is 1.31. The van der Waals surface area contributed by atoms with Crippen LogP contribution in [0.4, 0.5) is 17.6 Å². The number of carbonyl (C=O) groups excluding carboxylic acids is 1. The van der Waals surface area contributed by atoms with Gasteiger partial charge in [0.2, 0.25) is 0 Å². The molecule has 0 radical (unpaired) electrons. The zero-order chi connectivity index (χ0) is 24.6. The van der Waals surface area contributed by atoms with E-state index in [4.69, 9.17) is 0 Å². The second kappa shape index (κ2) is 9.58. The van der Waals surface area contributed by atoms with Crippen molar-refractivity contribution in [3.8, 4) is 5.75 Å². The first-order valence-corrected chi connectivity index (χ1v) is 12.2. The van der Waals surface area contributed by atoms with E-state index in [1.807, 2.05) is 6.07 Å². The Hall–Kier alpha value is -2.98. The van der Waals surface area contributed by atoms with E-state index in [0.717, 1.165) is 13.1 Å². The van der Waals surface area contributed by atoms with Crippen molar-refractivity contribution >= 4 is 17.2 Å². The van der Waals surface area contributed by atoms with Crippen molar-refractivity contribution in [2.45, 2.75) is 19.5 Å². The molecule has 1 saturated heterocycles. The molecule has 1 aliphatic heterocycles. The Bertz CT molecular complexity index is 1180. The number of rotatable bonds is 8. The van der Waals surface area contributed by atoms with E-state index in [-0.39, 0.29) is 24.0 Å². The third-order valence-corrected chi connectivity index (χ3v) is 7.26. The maximum Gasteiger partial charge on any atom is 0.573 e. The molecule has 0 N–H and O–H groups in total. The Morgan fingerprint density at radius 2 is 1.91 bits per heavy atom. The van der Waals surface area contributed by atoms with Gasteiger partial charge in [-0.1, -0.05) is 30.3 Å². The van der Waals surface area contributed by atoms with Crippen molar-refractivity contribution in [2.75, 3.05) is 19.6 Å². The van der Waals surface area contributed by atoms with Gasteiger partial charge in [0.1, 0.15) is 17.3 Å². The van der Waals surface area contributed by atoms with Gasteiger partial charge in [-0.05, 0) is 41.5 Å². The number of halogens is 4. The number of hydrogen-bond acceptors (Lipinski definition) is 5. The second-order valence-corrected chi connectivity index (χ2v) is 9.75. The highest BCUT2D eigenvalue weighted by Gasteiger charge is 2.56. The van der Waals surface area contributed by atoms with E-state index in [1.54, 1.807) is 34.0 Å². The summed E-state index contributed by atoms with van der Waals surface area (Å²) in [6.07, 6.45) is -4.78. The lowest BCUT2D eigenvalue weighted by atomic mass is 10.1. The van der Waals surface area contributed by atoms with Gasteiger partial charge in [0, 0.05) is 43.7 Å². The van der Waals surface area contributed by atoms with Crippen LogP contribution >= 0.6 is 11.3 Å². The minimum atomic E-state index is -4.78. The summed E-state index contributed by atoms with van der Waals surface area (Å²) in [7, 11) is 0. The summed E-state index contributed by atoms with van der Waals surface area (Å²) in [4.78, 5) is 21.2. The highest BCUT2D eigenvalue weighted by molar-refractivity contribution is 7.07. The third-order valence-electron chi connectivity index (χ3n) is 6.67. The van der Waals surface area contributed by atoms with Crippen molar-refractivity contribution in [3.63, 3.8) is 0 Å².